The summed E-state index contributed by atoms with van der Waals surface area (Å²) < 4.78 is 1.57. The highest BCUT2D eigenvalue weighted by Crippen LogP contribution is 2.38. The third-order valence-corrected chi connectivity index (χ3v) is 4.73. The number of ketones is 1. The number of aromatic nitrogens is 3. The number of amides is 1. The van der Waals surface area contributed by atoms with Crippen LogP contribution in [-0.2, 0) is 16.0 Å². The summed E-state index contributed by atoms with van der Waals surface area (Å²) in [5.74, 6) is -0.315. The van der Waals surface area contributed by atoms with Crippen LogP contribution in [0.15, 0.2) is 40.7 Å². The molecule has 1 aromatic carbocycles. The number of Topliss-reactive ketones (excluding diaryl/α,β-unsaturated/α-hetero) is 1. The maximum absolute atomic E-state index is 12.2. The molecule has 0 fully saturated rings. The minimum Gasteiger partial charge on any atom is -0.294 e. The van der Waals surface area contributed by atoms with Gasteiger partial charge in [-0.25, -0.2) is 9.69 Å². The molecule has 7 heteroatoms. The number of rotatable bonds is 3. The molecule has 3 rings (SSSR count). The molecule has 1 amide bonds. The Morgan fingerprint density at radius 3 is 2.43 bits per heavy atom. The molecule has 0 aliphatic carbocycles. The predicted molar refractivity (Wildman–Crippen MR) is 88.2 cm³/mol. The van der Waals surface area contributed by atoms with Crippen LogP contribution in [-0.4, -0.2) is 26.6 Å². The van der Waals surface area contributed by atoms with E-state index in [4.69, 9.17) is 0 Å². The van der Waals surface area contributed by atoms with Gasteiger partial charge in [-0.3, -0.25) is 9.59 Å². The average Bonchev–Trinajstić information content (AvgIpc) is 3.00. The number of hydrogen-bond donors (Lipinski definition) is 0. The normalized spacial score (nSPS) is 14.0. The minimum absolute atomic E-state index is 0.106. The van der Waals surface area contributed by atoms with Gasteiger partial charge in [-0.15, -0.1) is 10.2 Å². The number of carbonyl (C=O) groups is 2. The van der Waals surface area contributed by atoms with Gasteiger partial charge in [0.1, 0.15) is 6.33 Å². The number of carbonyl (C=O) groups excluding carboxylic acids is 2. The molecule has 0 bridgehead atoms. The van der Waals surface area contributed by atoms with E-state index in [1.165, 1.54) is 42.5 Å². The molecule has 1 aromatic heterocycles. The summed E-state index contributed by atoms with van der Waals surface area (Å²) in [6.07, 6.45) is 2.40. The second kappa shape index (κ2) is 6.00. The Morgan fingerprint density at radius 1 is 1.17 bits per heavy atom. The Hall–Kier alpha value is -2.41. The van der Waals surface area contributed by atoms with Crippen LogP contribution in [0, 0.1) is 0 Å². The van der Waals surface area contributed by atoms with Crippen LogP contribution in [0.1, 0.15) is 31.9 Å². The lowest BCUT2D eigenvalue weighted by atomic mass is 10.1. The maximum Gasteiger partial charge on any atom is 0.243 e. The Bertz CT molecular complexity index is 808. The molecule has 2 heterocycles. The van der Waals surface area contributed by atoms with Crippen molar-refractivity contribution >= 4 is 29.1 Å². The van der Waals surface area contributed by atoms with Crippen molar-refractivity contribution in [2.24, 2.45) is 0 Å². The van der Waals surface area contributed by atoms with Crippen molar-refractivity contribution in [1.29, 1.82) is 0 Å². The summed E-state index contributed by atoms with van der Waals surface area (Å²) in [5, 5.41) is 9.77. The smallest absolute Gasteiger partial charge is 0.243 e. The molecule has 2 aromatic rings. The fourth-order valence-electron chi connectivity index (χ4n) is 2.47. The molecular weight excluding hydrogens is 312 g/mol. The number of nitrogens with zero attached hydrogens (tertiary/aromatic N) is 4. The van der Waals surface area contributed by atoms with Crippen LogP contribution >= 0.6 is 11.8 Å². The summed E-state index contributed by atoms with van der Waals surface area (Å²) in [5.41, 5.74) is 2.58. The molecule has 0 atom stereocenters. The van der Waals surface area contributed by atoms with E-state index in [1.54, 1.807) is 4.68 Å². The van der Waals surface area contributed by atoms with Gasteiger partial charge in [0.25, 0.3) is 0 Å². The van der Waals surface area contributed by atoms with Crippen LogP contribution in [0.5, 0.6) is 0 Å². The number of fused-ring (bicyclic) bond motifs is 1. The first-order valence-corrected chi connectivity index (χ1v) is 8.08. The van der Waals surface area contributed by atoms with Crippen LogP contribution in [0.2, 0.25) is 0 Å². The Balaban J connectivity index is 2.21. The van der Waals surface area contributed by atoms with E-state index in [1.807, 2.05) is 24.3 Å². The average molecular weight is 328 g/mol. The fourth-order valence-corrected chi connectivity index (χ4v) is 3.40. The Morgan fingerprint density at radius 2 is 1.87 bits per heavy atom. The molecule has 0 unspecified atom stereocenters. The molecule has 0 saturated heterocycles. The summed E-state index contributed by atoms with van der Waals surface area (Å²) in [7, 11) is 0. The first-order chi connectivity index (χ1) is 11.0. The van der Waals surface area contributed by atoms with Crippen molar-refractivity contribution in [3.8, 4) is 0 Å². The second-order valence-corrected chi connectivity index (χ2v) is 6.15. The van der Waals surface area contributed by atoms with Crippen molar-refractivity contribution in [2.45, 2.75) is 32.3 Å². The van der Waals surface area contributed by atoms with E-state index in [9.17, 15) is 9.59 Å². The standard InChI is InChI=1S/C16H16N4O2S/c1-4-12-5-7-13(8-6-12)14-15(10(2)21)23-16-18-17-9-19(16)20(14)11(3)22/h5-9H,4H2,1-3H3. The molecule has 1 aliphatic rings. The van der Waals surface area contributed by atoms with Gasteiger partial charge in [-0.05, 0) is 30.7 Å². The number of aryl methyl sites for hydroxylation is 1. The maximum atomic E-state index is 12.2. The zero-order chi connectivity index (χ0) is 16.6. The third kappa shape index (κ3) is 2.68. The van der Waals surface area contributed by atoms with Crippen molar-refractivity contribution in [2.75, 3.05) is 5.01 Å². The van der Waals surface area contributed by atoms with Crippen molar-refractivity contribution < 1.29 is 9.59 Å². The van der Waals surface area contributed by atoms with Gasteiger partial charge in [0.2, 0.25) is 11.1 Å². The highest BCUT2D eigenvalue weighted by atomic mass is 32.2. The first kappa shape index (κ1) is 15.5. The van der Waals surface area contributed by atoms with Crippen LogP contribution in [0.25, 0.3) is 5.70 Å². The van der Waals surface area contributed by atoms with E-state index in [0.29, 0.717) is 15.8 Å². The monoisotopic (exact) mass is 328 g/mol. The number of thioether (sulfide) groups is 1. The quantitative estimate of drug-likeness (QED) is 0.865. The molecule has 0 radical (unpaired) electrons. The highest BCUT2D eigenvalue weighted by Gasteiger charge is 2.32. The molecule has 6 nitrogen and oxygen atoms in total. The van der Waals surface area contributed by atoms with Crippen LogP contribution in [0.3, 0.4) is 0 Å². The molecule has 0 N–H and O–H groups in total. The SMILES string of the molecule is CCc1ccc(C2=C(C(C)=O)Sc3nncn3N2C(C)=O)cc1. The number of hydrogen-bond acceptors (Lipinski definition) is 5. The lowest BCUT2D eigenvalue weighted by Gasteiger charge is -2.31. The fraction of sp³-hybridized carbons (Fsp3) is 0.250. The van der Waals surface area contributed by atoms with Crippen molar-refractivity contribution in [1.82, 2.24) is 14.9 Å². The lowest BCUT2D eigenvalue weighted by Crippen LogP contribution is -2.40. The van der Waals surface area contributed by atoms with E-state index in [-0.39, 0.29) is 11.7 Å². The minimum atomic E-state index is -0.209. The predicted octanol–water partition coefficient (Wildman–Crippen LogP) is 2.39. The van der Waals surface area contributed by atoms with Crippen molar-refractivity contribution in [3.05, 3.63) is 46.6 Å². The Labute approximate surface area is 138 Å². The number of allylic oxidation sites excluding steroid dienone is 1. The van der Waals surface area contributed by atoms with Gasteiger partial charge >= 0.3 is 0 Å². The van der Waals surface area contributed by atoms with Gasteiger partial charge in [0, 0.05) is 12.5 Å². The highest BCUT2D eigenvalue weighted by molar-refractivity contribution is 8.04. The van der Waals surface area contributed by atoms with E-state index in [2.05, 4.69) is 17.1 Å². The molecule has 23 heavy (non-hydrogen) atoms. The topological polar surface area (TPSA) is 68.1 Å². The second-order valence-electron chi connectivity index (χ2n) is 5.18. The van der Waals surface area contributed by atoms with Gasteiger partial charge in [0.05, 0.1) is 10.6 Å². The lowest BCUT2D eigenvalue weighted by molar-refractivity contribution is -0.117. The summed E-state index contributed by atoms with van der Waals surface area (Å²) in [4.78, 5) is 24.9. The summed E-state index contributed by atoms with van der Waals surface area (Å²) in [6.45, 7) is 5.03. The zero-order valence-corrected chi connectivity index (χ0v) is 13.9. The van der Waals surface area contributed by atoms with Crippen LogP contribution in [0.4, 0.5) is 0 Å². The Kier molecular flexibility index (Phi) is 4.04. The zero-order valence-electron chi connectivity index (χ0n) is 13.1. The van der Waals surface area contributed by atoms with Gasteiger partial charge < -0.3 is 0 Å². The van der Waals surface area contributed by atoms with E-state index in [0.717, 1.165) is 12.0 Å². The largest absolute Gasteiger partial charge is 0.294 e. The summed E-state index contributed by atoms with van der Waals surface area (Å²) >= 11 is 1.23. The molecule has 0 spiro atoms. The first-order valence-electron chi connectivity index (χ1n) is 7.26. The molecule has 1 aliphatic heterocycles. The van der Waals surface area contributed by atoms with Crippen LogP contribution < -0.4 is 5.01 Å². The number of benzene rings is 1. The van der Waals surface area contributed by atoms with E-state index < -0.39 is 0 Å². The third-order valence-electron chi connectivity index (χ3n) is 3.59. The van der Waals surface area contributed by atoms with Gasteiger partial charge in [-0.2, -0.15) is 0 Å². The molecule has 0 saturated carbocycles. The summed E-state index contributed by atoms with van der Waals surface area (Å²) in [6, 6.07) is 7.88. The molecule has 118 valence electrons. The van der Waals surface area contributed by atoms with Gasteiger partial charge in [-0.1, -0.05) is 31.2 Å². The van der Waals surface area contributed by atoms with Crippen molar-refractivity contribution in [3.63, 3.8) is 0 Å². The molecular formula is C16H16N4O2S. The van der Waals surface area contributed by atoms with Gasteiger partial charge in [0.15, 0.2) is 5.78 Å². The van der Waals surface area contributed by atoms with E-state index >= 15 is 0 Å².